The van der Waals surface area contributed by atoms with Crippen LogP contribution in [0.1, 0.15) is 82.1 Å². The molecule has 11 N–H and O–H groups in total. The van der Waals surface area contributed by atoms with Gasteiger partial charge in [-0.3, -0.25) is 0 Å². The molecule has 0 radical (unpaired) electrons. The van der Waals surface area contributed by atoms with Crippen LogP contribution in [0.5, 0.6) is 0 Å². The number of aliphatic hydroxyl groups excluding tert-OH is 11. The molecule has 0 aromatic carbocycles. The fourth-order valence-electron chi connectivity index (χ4n) is 6.99. The predicted octanol–water partition coefficient (Wildman–Crippen LogP) is 0.638. The zero-order valence-corrected chi connectivity index (χ0v) is 34.7. The second kappa shape index (κ2) is 24.7. The normalized spacial score (nSPS) is 28.3. The van der Waals surface area contributed by atoms with Gasteiger partial charge in [-0.1, -0.05) is 72.3 Å². The Balaban J connectivity index is 3.26. The number of hydrogen-bond donors (Lipinski definition) is 11. The van der Waals surface area contributed by atoms with Gasteiger partial charge in [-0.05, 0) is 62.7 Å². The second-order valence-corrected chi connectivity index (χ2v) is 15.9. The Bertz CT molecular complexity index is 1300. The molecule has 1 fully saturated rings. The molecule has 326 valence electrons. The maximum Gasteiger partial charge on any atom is 0.333 e. The number of carbonyl (C=O) groups excluding carboxylic acids is 1. The summed E-state index contributed by atoms with van der Waals surface area (Å²) in [7, 11) is 0. The molecule has 0 amide bonds. The summed E-state index contributed by atoms with van der Waals surface area (Å²) in [6, 6.07) is 0. The molecule has 0 aliphatic carbocycles. The quantitative estimate of drug-likeness (QED) is 0.0385. The van der Waals surface area contributed by atoms with Crippen molar-refractivity contribution in [3.63, 3.8) is 0 Å². The van der Waals surface area contributed by atoms with Gasteiger partial charge in [-0.25, -0.2) is 4.79 Å². The van der Waals surface area contributed by atoms with Gasteiger partial charge >= 0.3 is 5.97 Å². The minimum atomic E-state index is -1.88. The maximum absolute atomic E-state index is 12.8. The highest BCUT2D eigenvalue weighted by atomic mass is 16.7. The van der Waals surface area contributed by atoms with Crippen molar-refractivity contribution in [3.8, 4) is 0 Å². The smallest absolute Gasteiger partial charge is 0.333 e. The third-order valence-electron chi connectivity index (χ3n) is 10.6. The molecule has 1 saturated heterocycles. The number of ether oxygens (including phenoxy) is 3. The van der Waals surface area contributed by atoms with Crippen molar-refractivity contribution in [2.24, 2.45) is 29.6 Å². The molecular weight excluding hydrogens is 732 g/mol. The molecule has 1 heterocycles. The summed E-state index contributed by atoms with van der Waals surface area (Å²) in [4.78, 5) is 12.8. The van der Waals surface area contributed by atoms with Crippen LogP contribution in [-0.4, -0.2) is 155 Å². The molecule has 0 aromatic heterocycles. The summed E-state index contributed by atoms with van der Waals surface area (Å²) < 4.78 is 17.1. The summed E-state index contributed by atoms with van der Waals surface area (Å²) in [5, 5.41) is 112. The average molecular weight is 805 g/mol. The first kappa shape index (κ1) is 51.9. The van der Waals surface area contributed by atoms with Gasteiger partial charge < -0.3 is 70.4 Å². The van der Waals surface area contributed by atoms with Gasteiger partial charge in [-0.15, -0.1) is 0 Å². The summed E-state index contributed by atoms with van der Waals surface area (Å²) >= 11 is 0. The summed E-state index contributed by atoms with van der Waals surface area (Å²) in [6.45, 7) is 16.0. The van der Waals surface area contributed by atoms with Crippen molar-refractivity contribution in [2.45, 2.75) is 156 Å². The minimum Gasteiger partial charge on any atom is -0.453 e. The van der Waals surface area contributed by atoms with Crippen LogP contribution in [0.4, 0.5) is 0 Å². The number of rotatable bonds is 23. The lowest BCUT2D eigenvalue weighted by Crippen LogP contribution is -2.60. The Morgan fingerprint density at radius 1 is 0.696 bits per heavy atom. The van der Waals surface area contributed by atoms with Crippen LogP contribution >= 0.6 is 0 Å². The van der Waals surface area contributed by atoms with Crippen molar-refractivity contribution in [3.05, 3.63) is 46.6 Å². The Morgan fingerprint density at radius 2 is 1.21 bits per heavy atom. The summed E-state index contributed by atoms with van der Waals surface area (Å²) in [5.41, 5.74) is 1.92. The molecule has 0 bridgehead atoms. The molecule has 1 rings (SSSR count). The molecule has 0 aromatic rings. The van der Waals surface area contributed by atoms with Gasteiger partial charge in [0.2, 0.25) is 0 Å². The van der Waals surface area contributed by atoms with Crippen molar-refractivity contribution in [2.75, 3.05) is 19.8 Å². The van der Waals surface area contributed by atoms with Crippen molar-refractivity contribution < 1.29 is 75.2 Å². The zero-order chi connectivity index (χ0) is 43.2. The van der Waals surface area contributed by atoms with E-state index in [4.69, 9.17) is 19.3 Å². The van der Waals surface area contributed by atoms with E-state index in [0.717, 1.165) is 18.4 Å². The van der Waals surface area contributed by atoms with E-state index in [2.05, 4.69) is 26.8 Å². The molecule has 0 saturated carbocycles. The van der Waals surface area contributed by atoms with Gasteiger partial charge in [0.1, 0.15) is 42.7 Å². The van der Waals surface area contributed by atoms with Crippen LogP contribution < -0.4 is 0 Å². The van der Waals surface area contributed by atoms with E-state index in [1.165, 1.54) is 13.0 Å². The Kier molecular flexibility index (Phi) is 22.9. The first-order valence-corrected chi connectivity index (χ1v) is 19.6. The van der Waals surface area contributed by atoms with Gasteiger partial charge in [0.15, 0.2) is 12.4 Å². The number of allylic oxidation sites excluding steroid dienone is 1. The Morgan fingerprint density at radius 3 is 1.71 bits per heavy atom. The van der Waals surface area contributed by atoms with Crippen LogP contribution in [0, 0.1) is 29.6 Å². The Hall–Kier alpha value is -2.09. The third-order valence-corrected chi connectivity index (χ3v) is 10.6. The Labute approximate surface area is 332 Å². The highest BCUT2D eigenvalue weighted by molar-refractivity contribution is 5.88. The standard InChI is InChI=1S/C41H72O15/c1-11-20(2)12-21(3)13-26(8)38(56-41-37(52)36(51)35(50)31(19-44)54-41)27(9)15-24(6)32(47)22(4)14-23(5)33(48)25(7)16-28(10)40(53)55-39(30(46)18-43)34(49)29(45)17-42/h13-16,20-22,25,27,29-39,41-52H,11-12,17-19H2,1-10H3. The third kappa shape index (κ3) is 15.3. The first-order chi connectivity index (χ1) is 26.1. The predicted molar refractivity (Wildman–Crippen MR) is 208 cm³/mol. The highest BCUT2D eigenvalue weighted by Crippen LogP contribution is 2.30. The second-order valence-electron chi connectivity index (χ2n) is 15.9. The molecule has 17 unspecified atom stereocenters. The van der Waals surface area contributed by atoms with E-state index >= 15 is 0 Å². The molecule has 1 aliphatic rings. The van der Waals surface area contributed by atoms with Crippen LogP contribution in [0.25, 0.3) is 0 Å². The number of aliphatic hydroxyl groups is 11. The molecule has 15 nitrogen and oxygen atoms in total. The number of hydrogen-bond acceptors (Lipinski definition) is 15. The van der Waals surface area contributed by atoms with E-state index in [1.54, 1.807) is 33.8 Å². The van der Waals surface area contributed by atoms with E-state index in [9.17, 15) is 55.9 Å². The van der Waals surface area contributed by atoms with Crippen molar-refractivity contribution >= 4 is 5.97 Å². The van der Waals surface area contributed by atoms with Gasteiger partial charge in [0, 0.05) is 23.3 Å². The van der Waals surface area contributed by atoms with Gasteiger partial charge in [0.25, 0.3) is 0 Å². The van der Waals surface area contributed by atoms with E-state index in [-0.39, 0.29) is 11.5 Å². The number of carbonyl (C=O) groups is 1. The van der Waals surface area contributed by atoms with Crippen molar-refractivity contribution in [1.82, 2.24) is 0 Å². The molecule has 56 heavy (non-hydrogen) atoms. The minimum absolute atomic E-state index is 0.00475. The topological polar surface area (TPSA) is 267 Å². The SMILES string of the molecule is CCC(C)CC(C)C=C(C)C(OC1OC(CO)C(O)C(O)C1O)C(C)C=C(C)C(O)C(C)C=C(C)C(O)C(C)C=C(C)C(=O)OC(C(O)CO)C(O)C(O)CO. The monoisotopic (exact) mass is 804 g/mol. The fraction of sp³-hybridized carbons (Fsp3) is 0.780. The molecule has 0 spiro atoms. The van der Waals surface area contributed by atoms with Crippen molar-refractivity contribution in [1.29, 1.82) is 0 Å². The zero-order valence-electron chi connectivity index (χ0n) is 34.7. The fourth-order valence-corrected chi connectivity index (χ4v) is 6.99. The lowest BCUT2D eigenvalue weighted by atomic mass is 9.87. The van der Waals surface area contributed by atoms with Crippen LogP contribution in [0.3, 0.4) is 0 Å². The molecule has 15 heteroatoms. The summed E-state index contributed by atoms with van der Waals surface area (Å²) in [5.74, 6) is -1.85. The molecule has 1 aliphatic heterocycles. The molecule has 17 atom stereocenters. The lowest BCUT2D eigenvalue weighted by molar-refractivity contribution is -0.310. The highest BCUT2D eigenvalue weighted by Gasteiger charge is 2.45. The van der Waals surface area contributed by atoms with Crippen LogP contribution in [-0.2, 0) is 19.0 Å². The summed E-state index contributed by atoms with van der Waals surface area (Å²) in [6.07, 6.45) is -8.14. The maximum atomic E-state index is 12.8. The molecular formula is C41H72O15. The van der Waals surface area contributed by atoms with E-state index < -0.39 is 117 Å². The number of esters is 1. The van der Waals surface area contributed by atoms with Crippen LogP contribution in [0.2, 0.25) is 0 Å². The first-order valence-electron chi connectivity index (χ1n) is 19.6. The van der Waals surface area contributed by atoms with Crippen LogP contribution in [0.15, 0.2) is 46.6 Å². The van der Waals surface area contributed by atoms with E-state index in [1.807, 2.05) is 19.9 Å². The lowest BCUT2D eigenvalue weighted by Gasteiger charge is -2.41. The van der Waals surface area contributed by atoms with E-state index in [0.29, 0.717) is 17.1 Å². The largest absolute Gasteiger partial charge is 0.453 e. The van der Waals surface area contributed by atoms with Gasteiger partial charge in [-0.2, -0.15) is 0 Å². The average Bonchev–Trinajstić information content (AvgIpc) is 3.16. The van der Waals surface area contributed by atoms with Gasteiger partial charge in [0.05, 0.1) is 38.1 Å².